The molecule has 0 bridgehead atoms. The van der Waals surface area contributed by atoms with Crippen LogP contribution in [0.25, 0.3) is 0 Å². The summed E-state index contributed by atoms with van der Waals surface area (Å²) in [6, 6.07) is 7.28. The molecule has 0 radical (unpaired) electrons. The molecule has 3 nitrogen and oxygen atoms in total. The van der Waals surface area contributed by atoms with E-state index in [1.54, 1.807) is 13.2 Å². The number of halogens is 2. The van der Waals surface area contributed by atoms with Crippen LogP contribution >= 0.6 is 31.9 Å². The second kappa shape index (κ2) is 5.51. The van der Waals surface area contributed by atoms with Crippen LogP contribution in [0.4, 0.5) is 0 Å². The molecule has 2 atom stereocenters. The van der Waals surface area contributed by atoms with Crippen LogP contribution in [0.3, 0.4) is 0 Å². The van der Waals surface area contributed by atoms with Gasteiger partial charge in [0, 0.05) is 0 Å². The van der Waals surface area contributed by atoms with Crippen LogP contribution in [0.1, 0.15) is 10.4 Å². The van der Waals surface area contributed by atoms with E-state index >= 15 is 0 Å². The van der Waals surface area contributed by atoms with E-state index in [1.807, 2.05) is 18.2 Å². The molecule has 0 fully saturated rings. The average molecular weight is 338 g/mol. The Bertz CT molecular complexity index is 354. The minimum absolute atomic E-state index is 0.287. The largest absolute Gasteiger partial charge is 0.497 e. The molecule has 0 aliphatic rings. The Hall–Kier alpha value is -0.550. The van der Waals surface area contributed by atoms with Crippen LogP contribution in [-0.4, -0.2) is 23.0 Å². The third-order valence-corrected chi connectivity index (χ3v) is 4.59. The lowest BCUT2D eigenvalue weighted by Crippen LogP contribution is -2.17. The quantitative estimate of drug-likeness (QED) is 0.859. The first kappa shape index (κ1) is 12.5. The van der Waals surface area contributed by atoms with E-state index in [0.29, 0.717) is 5.75 Å². The molecule has 1 aromatic rings. The molecular formula is C10H10Br2O3. The fraction of sp³-hybridized carbons (Fsp3) is 0.300. The van der Waals surface area contributed by atoms with Gasteiger partial charge in [0.05, 0.1) is 11.9 Å². The van der Waals surface area contributed by atoms with Crippen molar-refractivity contribution in [3.63, 3.8) is 0 Å². The van der Waals surface area contributed by atoms with Gasteiger partial charge >= 0.3 is 5.97 Å². The second-order valence-electron chi connectivity index (χ2n) is 2.92. The standard InChI is InChI=1S/C10H10Br2O3/c1-15-7-4-2-3-6(5-7)8(11)9(12)10(13)14/h2-5,8-9H,1H3,(H,13,14)/t8-,9+/m1/s1. The molecule has 0 heterocycles. The van der Waals surface area contributed by atoms with E-state index in [-0.39, 0.29) is 4.83 Å². The Labute approximate surface area is 105 Å². The van der Waals surface area contributed by atoms with Gasteiger partial charge < -0.3 is 9.84 Å². The van der Waals surface area contributed by atoms with Gasteiger partial charge in [0.2, 0.25) is 0 Å². The molecule has 1 aromatic carbocycles. The van der Waals surface area contributed by atoms with Crippen LogP contribution in [0, 0.1) is 0 Å². The summed E-state index contributed by atoms with van der Waals surface area (Å²) in [6.45, 7) is 0. The first-order chi connectivity index (χ1) is 7.06. The number of hydrogen-bond acceptors (Lipinski definition) is 2. The molecule has 0 saturated heterocycles. The summed E-state index contributed by atoms with van der Waals surface area (Å²) < 4.78 is 5.06. The van der Waals surface area contributed by atoms with Gasteiger partial charge in [-0.25, -0.2) is 0 Å². The lowest BCUT2D eigenvalue weighted by Gasteiger charge is -2.13. The third-order valence-electron chi connectivity index (χ3n) is 1.91. The molecule has 82 valence electrons. The summed E-state index contributed by atoms with van der Waals surface area (Å²) in [5, 5.41) is 8.83. The first-order valence-corrected chi connectivity index (χ1v) is 6.04. The zero-order valence-electron chi connectivity index (χ0n) is 7.98. The van der Waals surface area contributed by atoms with Crippen molar-refractivity contribution in [1.82, 2.24) is 0 Å². The number of carboxylic acid groups (broad SMARTS) is 1. The average Bonchev–Trinajstić information content (AvgIpc) is 2.27. The van der Waals surface area contributed by atoms with Crippen molar-refractivity contribution < 1.29 is 14.6 Å². The van der Waals surface area contributed by atoms with Gasteiger partial charge in [-0.2, -0.15) is 0 Å². The minimum Gasteiger partial charge on any atom is -0.497 e. The number of carbonyl (C=O) groups is 1. The smallest absolute Gasteiger partial charge is 0.318 e. The zero-order valence-corrected chi connectivity index (χ0v) is 11.2. The fourth-order valence-corrected chi connectivity index (χ4v) is 1.92. The summed E-state index contributed by atoms with van der Waals surface area (Å²) in [5.41, 5.74) is 0.860. The van der Waals surface area contributed by atoms with Gasteiger partial charge in [0.1, 0.15) is 10.6 Å². The van der Waals surface area contributed by atoms with Crippen molar-refractivity contribution in [2.45, 2.75) is 9.65 Å². The number of ether oxygens (including phenoxy) is 1. The van der Waals surface area contributed by atoms with Crippen LogP contribution in [0.15, 0.2) is 24.3 Å². The van der Waals surface area contributed by atoms with Crippen molar-refractivity contribution >= 4 is 37.8 Å². The molecular weight excluding hydrogens is 328 g/mol. The summed E-state index contributed by atoms with van der Waals surface area (Å²) in [7, 11) is 1.57. The second-order valence-corrected chi connectivity index (χ2v) is 4.89. The Kier molecular flexibility index (Phi) is 4.60. The zero-order chi connectivity index (χ0) is 11.4. The van der Waals surface area contributed by atoms with E-state index < -0.39 is 10.8 Å². The molecule has 1 N–H and O–H groups in total. The SMILES string of the molecule is COc1cccc([C@@H](Br)[C@H](Br)C(=O)O)c1. The number of carboxylic acids is 1. The van der Waals surface area contributed by atoms with E-state index in [2.05, 4.69) is 31.9 Å². The summed E-state index contributed by atoms with van der Waals surface area (Å²) in [4.78, 5) is 9.81. The van der Waals surface area contributed by atoms with Crippen LogP contribution in [0.5, 0.6) is 5.75 Å². The van der Waals surface area contributed by atoms with Gasteiger partial charge in [0.15, 0.2) is 0 Å². The predicted octanol–water partition coefficient (Wildman–Crippen LogP) is 2.98. The molecule has 0 saturated carbocycles. The van der Waals surface area contributed by atoms with Gasteiger partial charge in [-0.15, -0.1) is 0 Å². The maximum atomic E-state index is 10.8. The molecule has 0 aliphatic heterocycles. The monoisotopic (exact) mass is 336 g/mol. The van der Waals surface area contributed by atoms with Crippen molar-refractivity contribution in [2.24, 2.45) is 0 Å². The van der Waals surface area contributed by atoms with E-state index in [9.17, 15) is 4.79 Å². The van der Waals surface area contributed by atoms with Gasteiger partial charge in [0.25, 0.3) is 0 Å². The number of alkyl halides is 2. The van der Waals surface area contributed by atoms with Crippen LogP contribution < -0.4 is 4.74 Å². The Balaban J connectivity index is 2.90. The van der Waals surface area contributed by atoms with Gasteiger partial charge in [-0.3, -0.25) is 4.79 Å². The lowest BCUT2D eigenvalue weighted by molar-refractivity contribution is -0.136. The minimum atomic E-state index is -0.903. The Morgan fingerprint density at radius 1 is 1.47 bits per heavy atom. The predicted molar refractivity (Wildman–Crippen MR) is 65.0 cm³/mol. The van der Waals surface area contributed by atoms with Crippen molar-refractivity contribution in [3.8, 4) is 5.75 Å². The maximum Gasteiger partial charge on any atom is 0.318 e. The molecule has 15 heavy (non-hydrogen) atoms. The van der Waals surface area contributed by atoms with Crippen molar-refractivity contribution in [1.29, 1.82) is 0 Å². The lowest BCUT2D eigenvalue weighted by atomic mass is 10.1. The number of benzene rings is 1. The molecule has 0 aliphatic carbocycles. The van der Waals surface area contributed by atoms with Gasteiger partial charge in [-0.05, 0) is 17.7 Å². The number of methoxy groups -OCH3 is 1. The maximum absolute atomic E-state index is 10.8. The summed E-state index contributed by atoms with van der Waals surface area (Å²) in [5.74, 6) is -0.193. The normalized spacial score (nSPS) is 14.3. The number of rotatable bonds is 4. The number of hydrogen-bond donors (Lipinski definition) is 1. The Morgan fingerprint density at radius 3 is 2.67 bits per heavy atom. The molecule has 1 rings (SSSR count). The molecule has 0 amide bonds. The van der Waals surface area contributed by atoms with Crippen LogP contribution in [0.2, 0.25) is 0 Å². The Morgan fingerprint density at radius 2 is 2.13 bits per heavy atom. The number of aliphatic carboxylic acids is 1. The highest BCUT2D eigenvalue weighted by molar-refractivity contribution is 9.12. The molecule has 0 spiro atoms. The van der Waals surface area contributed by atoms with Crippen molar-refractivity contribution in [2.75, 3.05) is 7.11 Å². The fourth-order valence-electron chi connectivity index (χ4n) is 1.11. The molecule has 5 heteroatoms. The van der Waals surface area contributed by atoms with Crippen LogP contribution in [-0.2, 0) is 4.79 Å². The highest BCUT2D eigenvalue weighted by Crippen LogP contribution is 2.32. The van der Waals surface area contributed by atoms with E-state index in [0.717, 1.165) is 5.56 Å². The topological polar surface area (TPSA) is 46.5 Å². The van der Waals surface area contributed by atoms with E-state index in [4.69, 9.17) is 9.84 Å². The third kappa shape index (κ3) is 3.21. The summed E-state index contributed by atoms with van der Waals surface area (Å²) in [6.07, 6.45) is 0. The highest BCUT2D eigenvalue weighted by atomic mass is 79.9. The van der Waals surface area contributed by atoms with Gasteiger partial charge in [-0.1, -0.05) is 44.0 Å². The highest BCUT2D eigenvalue weighted by Gasteiger charge is 2.24. The first-order valence-electron chi connectivity index (χ1n) is 4.21. The van der Waals surface area contributed by atoms with Crippen molar-refractivity contribution in [3.05, 3.63) is 29.8 Å². The molecule has 0 aromatic heterocycles. The molecule has 0 unspecified atom stereocenters. The summed E-state index contributed by atoms with van der Waals surface area (Å²) >= 11 is 6.44. The van der Waals surface area contributed by atoms with E-state index in [1.165, 1.54) is 0 Å².